The molecule has 2 heterocycles. The molecule has 4 nitrogen and oxygen atoms in total. The molecular formula is C28H21N3O. The minimum atomic E-state index is 0.489. The number of anilines is 1. The van der Waals surface area contributed by atoms with Crippen LogP contribution in [0.5, 0.6) is 0 Å². The Labute approximate surface area is 186 Å². The highest BCUT2D eigenvalue weighted by molar-refractivity contribution is 6.08. The van der Waals surface area contributed by atoms with Gasteiger partial charge in [0.05, 0.1) is 22.8 Å². The van der Waals surface area contributed by atoms with Crippen LogP contribution in [-0.4, -0.2) is 4.98 Å². The Morgan fingerprint density at radius 1 is 0.906 bits per heavy atom. The van der Waals surface area contributed by atoms with Crippen LogP contribution in [0.1, 0.15) is 16.7 Å². The number of nitrogens with one attached hydrogen (secondary N) is 1. The molecule has 0 fully saturated rings. The zero-order valence-electron chi connectivity index (χ0n) is 17.7. The number of fused-ring (bicyclic) bond motifs is 1. The van der Waals surface area contributed by atoms with E-state index < -0.39 is 0 Å². The lowest BCUT2D eigenvalue weighted by atomic mass is 9.97. The molecule has 4 heteroatoms. The first-order chi connectivity index (χ1) is 15.7. The van der Waals surface area contributed by atoms with Crippen LogP contribution in [0.3, 0.4) is 0 Å². The highest BCUT2D eigenvalue weighted by atomic mass is 16.3. The first-order valence-corrected chi connectivity index (χ1v) is 10.5. The quantitative estimate of drug-likeness (QED) is 0.337. The number of furan rings is 1. The van der Waals surface area contributed by atoms with Crippen molar-refractivity contribution < 1.29 is 4.42 Å². The van der Waals surface area contributed by atoms with E-state index in [-0.39, 0.29) is 0 Å². The minimum absolute atomic E-state index is 0.489. The number of nitrogens with zero attached hydrogens (tertiary/aromatic N) is 2. The summed E-state index contributed by atoms with van der Waals surface area (Å²) < 4.78 is 6.29. The third-order valence-corrected chi connectivity index (χ3v) is 5.49. The van der Waals surface area contributed by atoms with Crippen molar-refractivity contribution >= 4 is 16.8 Å². The molecule has 5 rings (SSSR count). The average molecular weight is 415 g/mol. The van der Waals surface area contributed by atoms with Crippen LogP contribution in [0, 0.1) is 18.3 Å². The number of hydrogen-bond donors (Lipinski definition) is 1. The summed E-state index contributed by atoms with van der Waals surface area (Å²) in [5.74, 6) is 0.744. The summed E-state index contributed by atoms with van der Waals surface area (Å²) in [6.07, 6.45) is 1.58. The number of aryl methyl sites for hydroxylation is 1. The fourth-order valence-electron chi connectivity index (χ4n) is 4.02. The van der Waals surface area contributed by atoms with E-state index >= 15 is 0 Å². The maximum atomic E-state index is 9.84. The van der Waals surface area contributed by atoms with Gasteiger partial charge in [-0.05, 0) is 18.1 Å². The number of aromatic nitrogens is 1. The van der Waals surface area contributed by atoms with E-state index in [1.54, 1.807) is 6.20 Å². The highest BCUT2D eigenvalue weighted by Crippen LogP contribution is 2.44. The Bertz CT molecular complexity index is 1430. The molecule has 0 saturated heterocycles. The Kier molecular flexibility index (Phi) is 5.15. The first kappa shape index (κ1) is 19.6. The number of benzene rings is 3. The largest absolute Gasteiger partial charge is 0.437 e. The SMILES string of the molecule is Cc1cccc(CNc2c(C#N)cnc3oc(-c4ccccc4)c(-c4ccccc4)c23)c1. The van der Waals surface area contributed by atoms with Crippen LogP contribution in [0.4, 0.5) is 5.69 Å². The molecule has 0 amide bonds. The third kappa shape index (κ3) is 3.61. The van der Waals surface area contributed by atoms with E-state index in [1.165, 1.54) is 5.56 Å². The van der Waals surface area contributed by atoms with Gasteiger partial charge in [0.1, 0.15) is 11.8 Å². The van der Waals surface area contributed by atoms with Crippen molar-refractivity contribution in [3.05, 3.63) is 108 Å². The van der Waals surface area contributed by atoms with Crippen molar-refractivity contribution in [2.75, 3.05) is 5.32 Å². The van der Waals surface area contributed by atoms with Gasteiger partial charge in [-0.2, -0.15) is 5.26 Å². The van der Waals surface area contributed by atoms with E-state index in [2.05, 4.69) is 53.6 Å². The fraction of sp³-hybridized carbons (Fsp3) is 0.0714. The Balaban J connectivity index is 1.74. The van der Waals surface area contributed by atoms with Crippen LogP contribution >= 0.6 is 0 Å². The number of rotatable bonds is 5. The van der Waals surface area contributed by atoms with Gasteiger partial charge in [0.15, 0.2) is 0 Å². The molecule has 5 aromatic rings. The lowest BCUT2D eigenvalue weighted by molar-refractivity contribution is 0.619. The smallest absolute Gasteiger partial charge is 0.229 e. The number of nitriles is 1. The van der Waals surface area contributed by atoms with E-state index in [0.717, 1.165) is 39.1 Å². The Morgan fingerprint density at radius 2 is 1.62 bits per heavy atom. The van der Waals surface area contributed by atoms with Gasteiger partial charge in [0.25, 0.3) is 0 Å². The molecule has 0 bridgehead atoms. The Morgan fingerprint density at radius 3 is 2.31 bits per heavy atom. The van der Waals surface area contributed by atoms with Crippen molar-refractivity contribution in [1.82, 2.24) is 4.98 Å². The van der Waals surface area contributed by atoms with Crippen molar-refractivity contribution in [2.24, 2.45) is 0 Å². The summed E-state index contributed by atoms with van der Waals surface area (Å²) in [4.78, 5) is 4.48. The molecule has 2 aromatic heterocycles. The summed E-state index contributed by atoms with van der Waals surface area (Å²) >= 11 is 0. The summed E-state index contributed by atoms with van der Waals surface area (Å²) in [5.41, 5.74) is 6.99. The lowest BCUT2D eigenvalue weighted by Crippen LogP contribution is -2.03. The number of hydrogen-bond acceptors (Lipinski definition) is 4. The van der Waals surface area contributed by atoms with Crippen LogP contribution in [0.15, 0.2) is 95.5 Å². The molecule has 0 aliphatic carbocycles. The maximum Gasteiger partial charge on any atom is 0.229 e. The molecular weight excluding hydrogens is 394 g/mol. The summed E-state index contributed by atoms with van der Waals surface area (Å²) in [5, 5.41) is 14.2. The lowest BCUT2D eigenvalue weighted by Gasteiger charge is -2.11. The van der Waals surface area contributed by atoms with Crippen molar-refractivity contribution in [3.63, 3.8) is 0 Å². The second-order valence-electron chi connectivity index (χ2n) is 7.72. The molecule has 0 aliphatic rings. The van der Waals surface area contributed by atoms with Crippen molar-refractivity contribution in [3.8, 4) is 28.5 Å². The number of pyridine rings is 1. The predicted molar refractivity (Wildman–Crippen MR) is 128 cm³/mol. The zero-order valence-corrected chi connectivity index (χ0v) is 17.7. The molecule has 3 aromatic carbocycles. The Hall–Kier alpha value is -4.36. The van der Waals surface area contributed by atoms with E-state index in [0.29, 0.717) is 17.8 Å². The normalized spacial score (nSPS) is 10.8. The molecule has 0 radical (unpaired) electrons. The van der Waals surface area contributed by atoms with Gasteiger partial charge in [-0.25, -0.2) is 4.98 Å². The first-order valence-electron chi connectivity index (χ1n) is 10.5. The van der Waals surface area contributed by atoms with E-state index in [9.17, 15) is 5.26 Å². The van der Waals surface area contributed by atoms with Crippen LogP contribution in [0.2, 0.25) is 0 Å². The van der Waals surface area contributed by atoms with Gasteiger partial charge in [0.2, 0.25) is 5.71 Å². The van der Waals surface area contributed by atoms with Gasteiger partial charge in [-0.3, -0.25) is 0 Å². The molecule has 0 unspecified atom stereocenters. The van der Waals surface area contributed by atoms with E-state index in [4.69, 9.17) is 4.42 Å². The monoisotopic (exact) mass is 415 g/mol. The zero-order chi connectivity index (χ0) is 21.9. The molecule has 32 heavy (non-hydrogen) atoms. The molecule has 0 atom stereocenters. The van der Waals surface area contributed by atoms with Gasteiger partial charge < -0.3 is 9.73 Å². The minimum Gasteiger partial charge on any atom is -0.437 e. The van der Waals surface area contributed by atoms with Gasteiger partial charge >= 0.3 is 0 Å². The molecule has 0 saturated carbocycles. The summed E-state index contributed by atoms with van der Waals surface area (Å²) in [6, 6.07) is 30.7. The summed E-state index contributed by atoms with van der Waals surface area (Å²) in [6.45, 7) is 2.67. The highest BCUT2D eigenvalue weighted by Gasteiger charge is 2.23. The van der Waals surface area contributed by atoms with Crippen LogP contribution in [0.25, 0.3) is 33.6 Å². The second kappa shape index (κ2) is 8.41. The molecule has 1 N–H and O–H groups in total. The predicted octanol–water partition coefficient (Wildman–Crippen LogP) is 6.95. The summed E-state index contributed by atoms with van der Waals surface area (Å²) in [7, 11) is 0. The standard InChI is InChI=1S/C28H21N3O/c1-19-9-8-10-20(15-19)17-30-26-23(16-29)18-31-28-25(26)24(21-11-4-2-5-12-21)27(32-28)22-13-6-3-7-14-22/h2-15,18H,17H2,1H3,(H,30,31). The maximum absolute atomic E-state index is 9.84. The third-order valence-electron chi connectivity index (χ3n) is 5.49. The van der Waals surface area contributed by atoms with Crippen molar-refractivity contribution in [1.29, 1.82) is 5.26 Å². The molecule has 154 valence electrons. The molecule has 0 spiro atoms. The van der Waals surface area contributed by atoms with E-state index in [1.807, 2.05) is 54.6 Å². The van der Waals surface area contributed by atoms with Crippen LogP contribution in [-0.2, 0) is 6.54 Å². The van der Waals surface area contributed by atoms with Crippen molar-refractivity contribution in [2.45, 2.75) is 13.5 Å². The van der Waals surface area contributed by atoms with Crippen LogP contribution < -0.4 is 5.32 Å². The second-order valence-corrected chi connectivity index (χ2v) is 7.72. The van der Waals surface area contributed by atoms with Gasteiger partial charge in [0, 0.05) is 17.7 Å². The average Bonchev–Trinajstić information content (AvgIpc) is 3.23. The fourth-order valence-corrected chi connectivity index (χ4v) is 4.02. The van der Waals surface area contributed by atoms with Gasteiger partial charge in [-0.1, -0.05) is 90.5 Å². The van der Waals surface area contributed by atoms with Gasteiger partial charge in [-0.15, -0.1) is 0 Å². The topological polar surface area (TPSA) is 61.9 Å². The molecule has 0 aliphatic heterocycles.